The summed E-state index contributed by atoms with van der Waals surface area (Å²) in [6.45, 7) is 8.52. The number of unbranched alkanes of at least 4 members (excludes halogenated alkanes) is 7. The van der Waals surface area contributed by atoms with Gasteiger partial charge in [0, 0.05) is 18.8 Å². The molecule has 2 unspecified atom stereocenters. The Balaban J connectivity index is 0.000000980. The number of carbonyl (C=O) groups excluding carboxylic acids is 1. The van der Waals surface area contributed by atoms with E-state index in [0.717, 1.165) is 13.0 Å². The average Bonchev–Trinajstić information content (AvgIpc) is 2.91. The molecule has 1 N–H and O–H groups in total. The Kier molecular flexibility index (Phi) is 14.9. The van der Waals surface area contributed by atoms with Gasteiger partial charge in [-0.25, -0.2) is 0 Å². The van der Waals surface area contributed by atoms with Crippen molar-refractivity contribution in [3.63, 3.8) is 0 Å². The van der Waals surface area contributed by atoms with Crippen LogP contribution < -0.4 is 10.0 Å². The van der Waals surface area contributed by atoms with Crippen LogP contribution in [0.4, 0.5) is 0 Å². The monoisotopic (exact) mass is 313 g/mol. The van der Waals surface area contributed by atoms with E-state index in [1.807, 2.05) is 4.90 Å². The minimum atomic E-state index is -1.08. The van der Waals surface area contributed by atoms with Crippen molar-refractivity contribution in [1.29, 1.82) is 0 Å². The summed E-state index contributed by atoms with van der Waals surface area (Å²) in [4.78, 5) is 10.8. The highest BCUT2D eigenvalue weighted by molar-refractivity contribution is 5.60. The first-order valence-electron chi connectivity index (χ1n) is 9.63. The topological polar surface area (TPSA) is 44.6 Å². The molecule has 0 amide bonds. The maximum Gasteiger partial charge on any atom is 0.0876 e. The first-order chi connectivity index (χ1) is 10.6. The third-order valence-electron chi connectivity index (χ3n) is 4.64. The summed E-state index contributed by atoms with van der Waals surface area (Å²) in [5.41, 5.74) is 0. The number of quaternary nitrogens is 1. The summed E-state index contributed by atoms with van der Waals surface area (Å²) in [6, 6.07) is 1.02. The Hall–Kier alpha value is -0.570. The number of likely N-dealkylation sites (tertiary alicyclic amines) is 1. The van der Waals surface area contributed by atoms with Crippen LogP contribution in [-0.4, -0.2) is 25.1 Å². The molecule has 0 aromatic heterocycles. The molecule has 3 heteroatoms. The molecule has 0 bridgehead atoms. The summed E-state index contributed by atoms with van der Waals surface area (Å²) in [6.07, 6.45) is 17.5. The fourth-order valence-corrected chi connectivity index (χ4v) is 3.42. The van der Waals surface area contributed by atoms with Crippen LogP contribution >= 0.6 is 0 Å². The minimum Gasteiger partial charge on any atom is -0.550 e. The zero-order chi connectivity index (χ0) is 16.6. The largest absolute Gasteiger partial charge is 0.550 e. The summed E-state index contributed by atoms with van der Waals surface area (Å²) in [7, 11) is 0. The Morgan fingerprint density at radius 1 is 1.00 bits per heavy atom. The second-order valence-electron chi connectivity index (χ2n) is 6.75. The molecule has 1 saturated heterocycles. The normalized spacial score (nSPS) is 20.5. The van der Waals surface area contributed by atoms with Crippen LogP contribution in [0, 0.1) is 0 Å². The van der Waals surface area contributed by atoms with Gasteiger partial charge in [-0.15, -0.1) is 0 Å². The number of aliphatic carboxylic acids is 1. The second-order valence-corrected chi connectivity index (χ2v) is 6.75. The second kappa shape index (κ2) is 15.3. The van der Waals surface area contributed by atoms with Crippen LogP contribution in [0.15, 0.2) is 0 Å². The van der Waals surface area contributed by atoms with E-state index in [0.29, 0.717) is 0 Å². The molecule has 22 heavy (non-hydrogen) atoms. The molecule has 0 saturated carbocycles. The van der Waals surface area contributed by atoms with Gasteiger partial charge in [0.15, 0.2) is 0 Å². The molecular formula is C19H39NO2. The lowest BCUT2D eigenvalue weighted by molar-refractivity contribution is -0.912. The predicted molar refractivity (Wildman–Crippen MR) is 91.9 cm³/mol. The quantitative estimate of drug-likeness (QED) is 0.596. The van der Waals surface area contributed by atoms with E-state index in [1.54, 1.807) is 0 Å². The van der Waals surface area contributed by atoms with E-state index in [9.17, 15) is 0 Å². The Bertz CT molecular complexity index is 252. The number of nitrogens with one attached hydrogen (secondary N) is 1. The fourth-order valence-electron chi connectivity index (χ4n) is 3.42. The van der Waals surface area contributed by atoms with Crippen LogP contribution in [0.3, 0.4) is 0 Å². The number of rotatable bonds is 11. The highest BCUT2D eigenvalue weighted by Gasteiger charge is 2.26. The molecule has 0 radical (unpaired) electrons. The number of carboxylic acid groups (broad SMARTS) is 1. The van der Waals surface area contributed by atoms with Gasteiger partial charge in [0.25, 0.3) is 0 Å². The first kappa shape index (κ1) is 21.4. The highest BCUT2D eigenvalue weighted by Crippen LogP contribution is 2.09. The van der Waals surface area contributed by atoms with Gasteiger partial charge in [0.1, 0.15) is 0 Å². The maximum atomic E-state index is 8.89. The molecule has 1 fully saturated rings. The van der Waals surface area contributed by atoms with Crippen LogP contribution in [0.5, 0.6) is 0 Å². The van der Waals surface area contributed by atoms with Crippen molar-refractivity contribution in [3.8, 4) is 0 Å². The molecule has 1 heterocycles. The van der Waals surface area contributed by atoms with Crippen LogP contribution in [0.25, 0.3) is 0 Å². The van der Waals surface area contributed by atoms with Crippen molar-refractivity contribution in [2.24, 2.45) is 0 Å². The van der Waals surface area contributed by atoms with Gasteiger partial charge >= 0.3 is 0 Å². The van der Waals surface area contributed by atoms with E-state index >= 15 is 0 Å². The number of carboxylic acids is 1. The number of carbonyl (C=O) groups is 1. The molecule has 1 aliphatic rings. The SMILES string of the molecule is CC(=O)[O-].CCCCCCCCC[NH+]1CCCC1CCCC. The highest BCUT2D eigenvalue weighted by atomic mass is 16.4. The van der Waals surface area contributed by atoms with Crippen LogP contribution in [-0.2, 0) is 4.79 Å². The van der Waals surface area contributed by atoms with Gasteiger partial charge in [-0.3, -0.25) is 0 Å². The van der Waals surface area contributed by atoms with Gasteiger partial charge in [-0.2, -0.15) is 0 Å². The van der Waals surface area contributed by atoms with Gasteiger partial charge in [-0.05, 0) is 32.6 Å². The van der Waals surface area contributed by atoms with Crippen molar-refractivity contribution in [2.45, 2.75) is 104 Å². The maximum absolute atomic E-state index is 8.89. The average molecular weight is 314 g/mol. The van der Waals surface area contributed by atoms with Crippen LogP contribution in [0.1, 0.15) is 97.8 Å². The van der Waals surface area contributed by atoms with E-state index in [2.05, 4.69) is 13.8 Å². The van der Waals surface area contributed by atoms with E-state index in [1.165, 1.54) is 90.1 Å². The van der Waals surface area contributed by atoms with Gasteiger partial charge in [0.2, 0.25) is 0 Å². The lowest BCUT2D eigenvalue weighted by atomic mass is 10.1. The number of hydrogen-bond acceptors (Lipinski definition) is 2. The lowest BCUT2D eigenvalue weighted by Gasteiger charge is -2.21. The van der Waals surface area contributed by atoms with E-state index < -0.39 is 5.97 Å². The molecule has 1 aliphatic heterocycles. The van der Waals surface area contributed by atoms with Crippen molar-refractivity contribution in [1.82, 2.24) is 0 Å². The molecular weight excluding hydrogens is 274 g/mol. The Morgan fingerprint density at radius 2 is 1.55 bits per heavy atom. The summed E-state index contributed by atoms with van der Waals surface area (Å²) in [5, 5.41) is 8.89. The van der Waals surface area contributed by atoms with Gasteiger partial charge < -0.3 is 14.8 Å². The first-order valence-corrected chi connectivity index (χ1v) is 9.63. The zero-order valence-electron chi connectivity index (χ0n) is 15.3. The van der Waals surface area contributed by atoms with Crippen molar-refractivity contribution >= 4 is 5.97 Å². The Morgan fingerprint density at radius 3 is 2.14 bits per heavy atom. The zero-order valence-corrected chi connectivity index (χ0v) is 15.3. The van der Waals surface area contributed by atoms with Gasteiger partial charge in [-0.1, -0.05) is 52.4 Å². The van der Waals surface area contributed by atoms with E-state index in [4.69, 9.17) is 9.90 Å². The van der Waals surface area contributed by atoms with Crippen molar-refractivity contribution in [3.05, 3.63) is 0 Å². The molecule has 0 aromatic carbocycles. The molecule has 2 atom stereocenters. The van der Waals surface area contributed by atoms with Gasteiger partial charge in [0.05, 0.1) is 19.1 Å². The fraction of sp³-hybridized carbons (Fsp3) is 0.947. The number of hydrogen-bond donors (Lipinski definition) is 1. The summed E-state index contributed by atoms with van der Waals surface area (Å²) >= 11 is 0. The van der Waals surface area contributed by atoms with Crippen molar-refractivity contribution < 1.29 is 14.8 Å². The van der Waals surface area contributed by atoms with Crippen molar-refractivity contribution in [2.75, 3.05) is 13.1 Å². The molecule has 0 aromatic rings. The summed E-state index contributed by atoms with van der Waals surface area (Å²) in [5.74, 6) is -1.08. The summed E-state index contributed by atoms with van der Waals surface area (Å²) < 4.78 is 0. The third-order valence-corrected chi connectivity index (χ3v) is 4.64. The lowest BCUT2D eigenvalue weighted by Crippen LogP contribution is -3.13. The smallest absolute Gasteiger partial charge is 0.0876 e. The minimum absolute atomic E-state index is 0.972. The Labute approximate surface area is 138 Å². The third kappa shape index (κ3) is 13.1. The molecule has 3 nitrogen and oxygen atoms in total. The molecule has 0 aliphatic carbocycles. The van der Waals surface area contributed by atoms with E-state index in [-0.39, 0.29) is 0 Å². The van der Waals surface area contributed by atoms with Crippen LogP contribution in [0.2, 0.25) is 0 Å². The predicted octanol–water partition coefficient (Wildman–Crippen LogP) is 2.73. The standard InChI is InChI=1S/C17H35N.C2H4O2/c1-3-5-7-8-9-10-11-15-18-16-12-14-17(18)13-6-4-2;1-2(3)4/h17H,3-16H2,1-2H3;1H3,(H,3,4). The molecule has 1 rings (SSSR count). The molecule has 0 spiro atoms. The molecule has 132 valence electrons.